The molecule has 32 nitrogen and oxygen atoms in total. The number of nitrogens with zero attached hydrogens (tertiary/aromatic N) is 14. The number of imidazole rings is 3. The second-order valence-electron chi connectivity index (χ2n) is 36.4. The Morgan fingerprint density at radius 1 is 0.478 bits per heavy atom. The normalized spacial score (nSPS) is 18.4. The zero-order valence-electron chi connectivity index (χ0n) is 84.0. The van der Waals surface area contributed by atoms with E-state index in [9.17, 15) is 63.5 Å². The lowest BCUT2D eigenvalue weighted by molar-refractivity contribution is -0.272. The van der Waals surface area contributed by atoms with Gasteiger partial charge in [0.15, 0.2) is 5.75 Å². The smallest absolute Gasteiger partial charge is 0.488 e. The van der Waals surface area contributed by atoms with Gasteiger partial charge in [0.1, 0.15) is 63.3 Å². The summed E-state index contributed by atoms with van der Waals surface area (Å²) in [5, 5.41) is 12.6. The average Bonchev–Trinajstić information content (AvgIpc) is 1.62. The van der Waals surface area contributed by atoms with Crippen LogP contribution < -0.4 is 35.5 Å². The fourth-order valence-electron chi connectivity index (χ4n) is 17.4. The Bertz CT molecular complexity index is 5700. The van der Waals surface area contributed by atoms with Gasteiger partial charge in [-0.3, -0.25) is 50.1 Å². The van der Waals surface area contributed by atoms with E-state index in [-0.39, 0.29) is 88.5 Å². The lowest BCUT2D eigenvalue weighted by Gasteiger charge is -2.32. The number of pyridine rings is 3. The van der Waals surface area contributed by atoms with E-state index in [1.165, 1.54) is 6.08 Å². The van der Waals surface area contributed by atoms with Crippen LogP contribution in [0.15, 0.2) is 122 Å². The first kappa shape index (κ1) is 102. The molecule has 6 aromatic heterocycles. The Labute approximate surface area is 802 Å². The van der Waals surface area contributed by atoms with Crippen molar-refractivity contribution in [3.05, 3.63) is 156 Å². The SMILES string of the molecule is C.C.C=CC(=O)N1CCCC[C@@H](n2c(NC(=O)c3ccnc(C)c3)nc3cccc(OC4CCN(CC)CC4)c32)C1.CCN1CCC(Oc2cccc3nc(NC(=O)c4ccnc(C)c4)n([C@@H]4CCCCN(C(=O)OC(C)(C)C)C4)c23)CC1.Cc1cc(C(=O)Nc2nc3cccc(OC4CCNCC4)c3n2[C@@H]2CCCCN(C(=O)OC(C)(C)C)C2)ccn1.O=S(=O)(CC(F)(F)F)OC(F)(F)F.[2HH].[2H][2H].[2H][2H].[2H][2H]. The van der Waals surface area contributed by atoms with Gasteiger partial charge in [0, 0.05) is 128 Å². The summed E-state index contributed by atoms with van der Waals surface area (Å²) in [6.45, 7) is 36.2. The lowest BCUT2D eigenvalue weighted by atomic mass is 10.1. The zero-order valence-corrected chi connectivity index (χ0v) is 78.8. The van der Waals surface area contributed by atoms with Gasteiger partial charge in [-0.1, -0.05) is 53.5 Å². The summed E-state index contributed by atoms with van der Waals surface area (Å²) < 4.78 is 157. The van der Waals surface area contributed by atoms with Crippen molar-refractivity contribution in [3.8, 4) is 17.2 Å². The van der Waals surface area contributed by atoms with Gasteiger partial charge < -0.3 is 67.2 Å². The number of hydrogen-bond acceptors (Lipinski definition) is 23. The number of carbonyl (C=O) groups is 6. The first-order valence-corrected chi connectivity index (χ1v) is 47.6. The number of nitrogens with one attached hydrogen (secondary N) is 4. The van der Waals surface area contributed by atoms with Gasteiger partial charge in [-0.15, -0.1) is 13.2 Å². The number of halogens is 6. The predicted molar refractivity (Wildman–Crippen MR) is 518 cm³/mol. The minimum absolute atomic E-state index is 0. The zero-order chi connectivity index (χ0) is 102. The number of piperidine rings is 3. The molecule has 9 aromatic rings. The first-order chi connectivity index (χ1) is 66.7. The van der Waals surface area contributed by atoms with Crippen LogP contribution in [0.2, 0.25) is 0 Å². The Morgan fingerprint density at radius 3 is 1.10 bits per heavy atom. The summed E-state index contributed by atoms with van der Waals surface area (Å²) in [6.07, 6.45) is 8.72. The molecule has 4 N–H and O–H groups in total. The molecule has 15 rings (SSSR count). The van der Waals surface area contributed by atoms with Crippen molar-refractivity contribution in [1.82, 2.24) is 73.4 Å². The van der Waals surface area contributed by atoms with E-state index in [0.717, 1.165) is 216 Å². The van der Waals surface area contributed by atoms with Crippen molar-refractivity contribution in [3.63, 3.8) is 0 Å². The molecule has 136 heavy (non-hydrogen) atoms. The Balaban J connectivity index is 0.000000298. The van der Waals surface area contributed by atoms with Crippen LogP contribution in [-0.4, -0.2) is 252 Å². The second-order valence-corrected chi connectivity index (χ2v) is 38.0. The average molecular weight is 1940 g/mol. The maximum absolute atomic E-state index is 13.4. The van der Waals surface area contributed by atoms with Gasteiger partial charge in [-0.05, 0) is 264 Å². The molecule has 6 amide bonds. The van der Waals surface area contributed by atoms with Gasteiger partial charge >= 0.3 is 24.7 Å². The van der Waals surface area contributed by atoms with Gasteiger partial charge in [-0.25, -0.2) is 24.5 Å². The Morgan fingerprint density at radius 2 is 0.801 bits per heavy atom. The highest BCUT2D eigenvalue weighted by Crippen LogP contribution is 2.42. The van der Waals surface area contributed by atoms with Crippen molar-refractivity contribution >= 4 is 96.9 Å². The quantitative estimate of drug-likeness (QED) is 0.0313. The fraction of sp³-hybridized carbons (Fsp3) is 0.546. The number of amides is 6. The van der Waals surface area contributed by atoms with Crippen molar-refractivity contribution in [2.45, 2.75) is 248 Å². The molecule has 0 unspecified atom stereocenters. The molecule has 0 aliphatic carbocycles. The number of aromatic nitrogens is 9. The highest BCUT2D eigenvalue weighted by molar-refractivity contribution is 7.86. The van der Waals surface area contributed by atoms with E-state index < -0.39 is 39.6 Å². The maximum atomic E-state index is 13.4. The van der Waals surface area contributed by atoms with Gasteiger partial charge in [0.05, 0.1) is 34.7 Å². The molecule has 6 saturated heterocycles. The van der Waals surface area contributed by atoms with Crippen LogP contribution in [0.25, 0.3) is 33.1 Å². The number of likely N-dealkylation sites (tertiary alicyclic amines) is 5. The van der Waals surface area contributed by atoms with Crippen LogP contribution in [0.5, 0.6) is 17.2 Å². The number of aryl methyl sites for hydroxylation is 3. The summed E-state index contributed by atoms with van der Waals surface area (Å²) in [7, 11) is -5.65. The summed E-state index contributed by atoms with van der Waals surface area (Å²) in [5.41, 5.74) is 7.42. The topological polar surface area (TPSA) is 348 Å². The summed E-state index contributed by atoms with van der Waals surface area (Å²) in [5.74, 6) is 0.0736. The standard InChI is InChI=1S/C32H44N6O4.C30H40N6O4.C30H38N6O3.C3H2F6O3S.2CH4.4H2/c1-6-36-18-14-25(15-19-36)41-27-12-9-11-26-28(27)38(30(34-26)35-29(39)23-13-16-33-22(2)20-23)24-10-7-8-17-37(21-24)31(40)42-32(3,4)5;1-20-18-21(11-16-32-20)27(37)34-28-33-24-9-7-10-25(39-23-12-14-31-15-13-23)26(24)36(28)22-8-5-6-17-35(19-22)29(38)40-30(2,3)4;1-4-27(37)35-16-7-6-9-23(20-35)36-28-25(32-30(36)33-29(38)22-12-15-31-21(3)19-22)10-8-11-26(28)39-24-13-17-34(5-2)18-14-24;4-2(5,6)1-13(10,11)12-3(7,8)9;;;;;;/h9,11-13,16,20,24-25H,6-8,10,14-15,17-19,21H2,1-5H3,(H,34,35,39);7,9-11,16,18,22-23,31H,5-6,8,12-15,17,19H2,1-4H3,(H,33,34,37);4,8,10-12,15,19,23-24H,1,5-7,9,13-14,16-18,20H2,2-3H3,(H,32,33,38);1H2;2*1H4;4*1H/t24-;22-;23-;;;;;;;/m111......./s1/i;;;;;;3*1+1D;1+1. The van der Waals surface area contributed by atoms with E-state index in [4.69, 9.17) is 47.5 Å². The first-order valence-electron chi connectivity index (χ1n) is 49.0. The highest BCUT2D eigenvalue weighted by atomic mass is 32.2. The van der Waals surface area contributed by atoms with Gasteiger partial charge in [0.2, 0.25) is 23.8 Å². The molecule has 0 radical (unpaired) electrons. The van der Waals surface area contributed by atoms with Gasteiger partial charge in [-0.2, -0.15) is 25.8 Å². The van der Waals surface area contributed by atoms with E-state index in [2.05, 4.69) is 84.3 Å². The van der Waals surface area contributed by atoms with Crippen molar-refractivity contribution in [2.75, 3.05) is 113 Å². The van der Waals surface area contributed by atoms with E-state index in [0.29, 0.717) is 73.8 Å². The number of ether oxygens (including phenoxy) is 5. The van der Waals surface area contributed by atoms with Crippen LogP contribution in [0.1, 0.15) is 243 Å². The Hall–Kier alpha value is -11.6. The Kier molecular flexibility index (Phi) is 35.6. The van der Waals surface area contributed by atoms with E-state index >= 15 is 0 Å². The van der Waals surface area contributed by atoms with Crippen molar-refractivity contribution in [1.29, 1.82) is 0 Å². The number of rotatable bonds is 20. The molecule has 6 aliphatic heterocycles. The van der Waals surface area contributed by atoms with Crippen molar-refractivity contribution < 1.29 is 102 Å². The number of hydrogen-bond donors (Lipinski definition) is 4. The molecule has 0 spiro atoms. The fourth-order valence-corrected chi connectivity index (χ4v) is 18.1. The molecule has 6 fully saturated rings. The molecular formula is C97H140F6N18O14S. The third-order valence-corrected chi connectivity index (χ3v) is 24.8. The number of benzene rings is 3. The number of anilines is 3. The van der Waals surface area contributed by atoms with Crippen LogP contribution in [0.4, 0.5) is 53.8 Å². The van der Waals surface area contributed by atoms with Crippen molar-refractivity contribution in [2.24, 2.45) is 0 Å². The molecule has 6 aliphatic rings. The van der Waals surface area contributed by atoms with Crippen LogP contribution in [0.3, 0.4) is 0 Å². The summed E-state index contributed by atoms with van der Waals surface area (Å²) >= 11 is 0. The van der Waals surface area contributed by atoms with E-state index in [1.807, 2.05) is 122 Å². The largest absolute Gasteiger partial charge is 0.537 e. The number of para-hydroxylation sites is 3. The van der Waals surface area contributed by atoms with Gasteiger partial charge in [0.25, 0.3) is 27.8 Å². The molecule has 0 bridgehead atoms. The van der Waals surface area contributed by atoms with E-state index in [1.54, 1.807) is 64.8 Å². The molecular weight excluding hydrogens is 1790 g/mol. The predicted octanol–water partition coefficient (Wildman–Crippen LogP) is 19.2. The number of carbonyl (C=O) groups excluding carboxylic acids is 6. The number of alkyl halides is 6. The minimum atomic E-state index is -5.65. The molecule has 3 atom stereocenters. The van der Waals surface area contributed by atoms with Crippen LogP contribution in [-0.2, 0) is 28.6 Å². The number of fused-ring (bicyclic) bond motifs is 3. The van der Waals surface area contributed by atoms with Crippen LogP contribution >= 0.6 is 0 Å². The van der Waals surface area contributed by atoms with Crippen LogP contribution in [0, 0.1) is 20.8 Å². The third-order valence-electron chi connectivity index (χ3n) is 23.7. The maximum Gasteiger partial charge on any atom is 0.537 e. The lowest BCUT2D eigenvalue weighted by Crippen LogP contribution is -2.39. The highest BCUT2D eigenvalue weighted by Gasteiger charge is 2.44. The molecule has 750 valence electrons. The monoisotopic (exact) mass is 1930 g/mol. The molecule has 3 aromatic carbocycles. The third kappa shape index (κ3) is 30.0. The minimum Gasteiger partial charge on any atom is -0.488 e. The molecule has 39 heteroatoms. The molecule has 12 heterocycles. The second kappa shape index (κ2) is 47.5. The molecule has 0 saturated carbocycles. The summed E-state index contributed by atoms with van der Waals surface area (Å²) in [6, 6.07) is 27.7. The summed E-state index contributed by atoms with van der Waals surface area (Å²) in [4.78, 5) is 117.